The molecule has 1 saturated heterocycles. The maximum Gasteiger partial charge on any atom is 0.352 e. The van der Waals surface area contributed by atoms with Crippen LogP contribution in [-0.2, 0) is 19.1 Å². The van der Waals surface area contributed by atoms with Gasteiger partial charge in [-0.05, 0) is 17.7 Å². The summed E-state index contributed by atoms with van der Waals surface area (Å²) in [4.78, 5) is 49.0. The summed E-state index contributed by atoms with van der Waals surface area (Å²) in [6.07, 6.45) is 1.31. The number of alkyl halides is 1. The highest BCUT2D eigenvalue weighted by molar-refractivity contribution is 8.00. The number of benzene rings is 1. The number of esters is 1. The summed E-state index contributed by atoms with van der Waals surface area (Å²) in [7, 11) is 0. The first-order valence-electron chi connectivity index (χ1n) is 8.17. The van der Waals surface area contributed by atoms with Crippen molar-refractivity contribution < 1.29 is 29.2 Å². The number of nitro groups is 1. The Morgan fingerprint density at radius 2 is 2.14 bits per heavy atom. The van der Waals surface area contributed by atoms with Gasteiger partial charge in [-0.1, -0.05) is 11.6 Å². The normalized spacial score (nSPS) is 23.6. The van der Waals surface area contributed by atoms with Crippen molar-refractivity contribution in [3.63, 3.8) is 0 Å². The van der Waals surface area contributed by atoms with Gasteiger partial charge in [-0.25, -0.2) is 4.79 Å². The Morgan fingerprint density at radius 1 is 1.48 bits per heavy atom. The minimum absolute atomic E-state index is 0.0898. The fourth-order valence-corrected chi connectivity index (χ4v) is 4.57. The number of rotatable bonds is 6. The molecule has 152 valence electrons. The quantitative estimate of drug-likeness (QED) is 0.134. The van der Waals surface area contributed by atoms with Crippen LogP contribution >= 0.6 is 23.4 Å². The number of carboxylic acids is 1. The number of thioether (sulfide) groups is 1. The van der Waals surface area contributed by atoms with Crippen molar-refractivity contribution in [3.05, 3.63) is 51.2 Å². The molecule has 0 aliphatic carbocycles. The molecule has 2 aliphatic heterocycles. The Bertz CT molecular complexity index is 962. The molecule has 29 heavy (non-hydrogen) atoms. The summed E-state index contributed by atoms with van der Waals surface area (Å²) >= 11 is 7.59. The number of amides is 1. The number of β-lactam (4-membered cyclic amide) rings is 1. The minimum Gasteiger partial charge on any atom is -0.477 e. The van der Waals surface area contributed by atoms with Gasteiger partial charge in [0.15, 0.2) is 0 Å². The number of carbonyl (C=O) groups is 3. The number of aliphatic carboxylic acids is 1. The lowest BCUT2D eigenvalue weighted by Gasteiger charge is -2.52. The van der Waals surface area contributed by atoms with Crippen molar-refractivity contribution in [2.24, 2.45) is 4.99 Å². The predicted molar refractivity (Wildman–Crippen MR) is 104 cm³/mol. The van der Waals surface area contributed by atoms with Crippen molar-refractivity contribution in [1.29, 1.82) is 0 Å². The molecule has 2 atom stereocenters. The molecule has 2 aliphatic rings. The third-order valence-corrected chi connectivity index (χ3v) is 6.21. The van der Waals surface area contributed by atoms with Crippen molar-refractivity contribution in [2.45, 2.75) is 17.3 Å². The number of aliphatic imine (C=N–C) groups is 1. The molecule has 0 unspecified atom stereocenters. The molecule has 1 aromatic carbocycles. The molecule has 1 amide bonds. The average Bonchev–Trinajstić information content (AvgIpc) is 2.69. The fraction of sp³-hybridized carbons (Fsp3) is 0.294. The summed E-state index contributed by atoms with van der Waals surface area (Å²) in [5.41, 5.74) is 0.433. The average molecular weight is 440 g/mol. The van der Waals surface area contributed by atoms with Gasteiger partial charge in [0.05, 0.1) is 4.92 Å². The first-order chi connectivity index (χ1) is 13.6. The van der Waals surface area contributed by atoms with Crippen molar-refractivity contribution in [2.75, 3.05) is 12.4 Å². The standard InChI is InChI=1S/C17H14ClN3O7S/c1-9(22)28-7-11-8-29-16-17(18,15(25)20(16)13(11)14(23)24)19-6-10-2-4-12(5-3-10)21(26)27/h2-6,16H,7-8H2,1H3,(H,23,24)/t16-,17+/m1/s1. The highest BCUT2D eigenvalue weighted by Crippen LogP contribution is 2.50. The molecule has 3 rings (SSSR count). The third-order valence-electron chi connectivity index (χ3n) is 4.23. The number of fused-ring (bicyclic) bond motifs is 1. The maximum atomic E-state index is 12.7. The predicted octanol–water partition coefficient (Wildman–Crippen LogP) is 1.77. The van der Waals surface area contributed by atoms with Gasteiger partial charge < -0.3 is 9.84 Å². The highest BCUT2D eigenvalue weighted by Gasteiger charge is 2.64. The van der Waals surface area contributed by atoms with Crippen molar-refractivity contribution in [3.8, 4) is 0 Å². The molecule has 1 fully saturated rings. The van der Waals surface area contributed by atoms with Crippen LogP contribution in [0.2, 0.25) is 0 Å². The number of nitrogens with zero attached hydrogens (tertiary/aromatic N) is 3. The molecular weight excluding hydrogens is 426 g/mol. The Kier molecular flexibility index (Phi) is 5.62. The largest absolute Gasteiger partial charge is 0.477 e. The number of ether oxygens (including phenoxy) is 1. The molecule has 10 nitrogen and oxygen atoms in total. The Balaban J connectivity index is 1.82. The molecule has 0 bridgehead atoms. The minimum atomic E-state index is -1.69. The van der Waals surface area contributed by atoms with Crippen LogP contribution in [0.15, 0.2) is 40.5 Å². The van der Waals surface area contributed by atoms with Gasteiger partial charge in [-0.3, -0.25) is 29.6 Å². The van der Waals surface area contributed by atoms with Gasteiger partial charge in [-0.2, -0.15) is 0 Å². The second-order valence-electron chi connectivity index (χ2n) is 6.16. The van der Waals surface area contributed by atoms with Gasteiger partial charge in [0, 0.05) is 36.6 Å². The number of non-ortho nitro benzene ring substituents is 1. The van der Waals surface area contributed by atoms with Gasteiger partial charge in [0.2, 0.25) is 5.00 Å². The van der Waals surface area contributed by atoms with E-state index in [-0.39, 0.29) is 23.7 Å². The summed E-state index contributed by atoms with van der Waals surface area (Å²) in [5.74, 6) is -2.41. The number of hydrogen-bond acceptors (Lipinski definition) is 8. The maximum absolute atomic E-state index is 12.7. The lowest BCUT2D eigenvalue weighted by atomic mass is 10.0. The van der Waals surface area contributed by atoms with Crippen LogP contribution in [0, 0.1) is 10.1 Å². The van der Waals surface area contributed by atoms with E-state index < -0.39 is 33.1 Å². The van der Waals surface area contributed by atoms with Crippen LogP contribution in [0.25, 0.3) is 0 Å². The summed E-state index contributed by atoms with van der Waals surface area (Å²) in [6, 6.07) is 5.49. The van der Waals surface area contributed by atoms with E-state index in [0.717, 1.165) is 4.90 Å². The van der Waals surface area contributed by atoms with E-state index >= 15 is 0 Å². The van der Waals surface area contributed by atoms with Crippen LogP contribution in [0.4, 0.5) is 5.69 Å². The van der Waals surface area contributed by atoms with Gasteiger partial charge in [0.1, 0.15) is 17.7 Å². The van der Waals surface area contributed by atoms with E-state index in [9.17, 15) is 29.6 Å². The van der Waals surface area contributed by atoms with Crippen LogP contribution in [0.5, 0.6) is 0 Å². The first kappa shape index (κ1) is 20.8. The number of carbonyl (C=O) groups excluding carboxylic acids is 2. The summed E-state index contributed by atoms with van der Waals surface area (Å²) < 4.78 is 4.87. The van der Waals surface area contributed by atoms with Gasteiger partial charge in [0.25, 0.3) is 11.6 Å². The first-order valence-corrected chi connectivity index (χ1v) is 9.60. The Labute approximate surface area is 173 Å². The van der Waals surface area contributed by atoms with E-state index in [1.807, 2.05) is 0 Å². The molecular formula is C17H14ClN3O7S. The molecule has 12 heteroatoms. The monoisotopic (exact) mass is 439 g/mol. The second kappa shape index (κ2) is 7.84. The summed E-state index contributed by atoms with van der Waals surface area (Å²) in [6.45, 7) is 0.965. The van der Waals surface area contributed by atoms with Gasteiger partial charge in [-0.15, -0.1) is 11.8 Å². The van der Waals surface area contributed by atoms with Crippen molar-refractivity contribution in [1.82, 2.24) is 4.90 Å². The number of hydrogen-bond donors (Lipinski definition) is 1. The van der Waals surface area contributed by atoms with Crippen LogP contribution in [0.1, 0.15) is 12.5 Å². The van der Waals surface area contributed by atoms with E-state index in [1.54, 1.807) is 0 Å². The lowest BCUT2D eigenvalue weighted by Crippen LogP contribution is -2.70. The molecule has 0 aromatic heterocycles. The van der Waals surface area contributed by atoms with Crippen LogP contribution < -0.4 is 0 Å². The highest BCUT2D eigenvalue weighted by atomic mass is 35.5. The zero-order valence-corrected chi connectivity index (χ0v) is 16.5. The molecule has 0 spiro atoms. The van der Waals surface area contributed by atoms with E-state index in [2.05, 4.69) is 4.99 Å². The molecule has 2 heterocycles. The molecule has 0 radical (unpaired) electrons. The summed E-state index contributed by atoms with van der Waals surface area (Å²) in [5, 5.41) is 19.5. The lowest BCUT2D eigenvalue weighted by molar-refractivity contribution is -0.384. The third kappa shape index (κ3) is 3.83. The van der Waals surface area contributed by atoms with E-state index in [4.69, 9.17) is 16.3 Å². The van der Waals surface area contributed by atoms with Gasteiger partial charge >= 0.3 is 11.9 Å². The zero-order valence-electron chi connectivity index (χ0n) is 14.9. The second-order valence-corrected chi connectivity index (χ2v) is 7.80. The van der Waals surface area contributed by atoms with Crippen LogP contribution in [-0.4, -0.2) is 61.7 Å². The SMILES string of the molecule is CC(=O)OCC1=C(C(=O)O)N2C(=O)[C@](Cl)(N=Cc3ccc([N+](=O)[O-])cc3)[C@H]2SC1. The number of nitro benzene ring substituents is 1. The molecule has 1 aromatic rings. The van der Waals surface area contributed by atoms with E-state index in [1.165, 1.54) is 49.2 Å². The van der Waals surface area contributed by atoms with E-state index in [0.29, 0.717) is 11.1 Å². The topological polar surface area (TPSA) is 139 Å². The Morgan fingerprint density at radius 3 is 2.69 bits per heavy atom. The number of halogens is 1. The molecule has 0 saturated carbocycles. The van der Waals surface area contributed by atoms with Crippen LogP contribution in [0.3, 0.4) is 0 Å². The Hall–Kier alpha value is -2.92. The fourth-order valence-electron chi connectivity index (χ4n) is 2.83. The van der Waals surface area contributed by atoms with Crippen molar-refractivity contribution >= 4 is 53.1 Å². The zero-order chi connectivity index (χ0) is 21.3. The molecule has 1 N–H and O–H groups in total. The number of carboxylic acid groups (broad SMARTS) is 1. The smallest absolute Gasteiger partial charge is 0.352 e.